The molecule has 0 amide bonds. The molecular formula is C12H9Br2ClOS. The molecule has 0 saturated carbocycles. The van der Waals surface area contributed by atoms with Gasteiger partial charge in [0.05, 0.1) is 8.81 Å². The molecule has 1 atom stereocenters. The van der Waals surface area contributed by atoms with Crippen molar-refractivity contribution in [1.82, 2.24) is 0 Å². The maximum Gasteiger partial charge on any atom is 0.105 e. The van der Waals surface area contributed by atoms with E-state index in [1.807, 2.05) is 25.1 Å². The second-order valence-electron chi connectivity index (χ2n) is 3.64. The van der Waals surface area contributed by atoms with E-state index >= 15 is 0 Å². The van der Waals surface area contributed by atoms with Crippen molar-refractivity contribution in [3.63, 3.8) is 0 Å². The molecule has 0 spiro atoms. The van der Waals surface area contributed by atoms with Gasteiger partial charge in [0.2, 0.25) is 0 Å². The molecule has 1 nitrogen and oxygen atoms in total. The van der Waals surface area contributed by atoms with Crippen LogP contribution in [0.4, 0.5) is 0 Å². The van der Waals surface area contributed by atoms with E-state index in [0.29, 0.717) is 5.02 Å². The number of thiophene rings is 1. The van der Waals surface area contributed by atoms with Gasteiger partial charge in [-0.05, 0) is 68.1 Å². The molecule has 1 heterocycles. The number of aliphatic hydroxyl groups excluding tert-OH is 1. The Kier molecular flexibility index (Phi) is 4.31. The minimum atomic E-state index is -0.619. The molecule has 2 aromatic rings. The molecule has 0 aliphatic carbocycles. The third-order valence-electron chi connectivity index (χ3n) is 2.48. The molecule has 0 saturated heterocycles. The first kappa shape index (κ1) is 13.6. The number of hydrogen-bond acceptors (Lipinski definition) is 2. The monoisotopic (exact) mass is 394 g/mol. The van der Waals surface area contributed by atoms with Gasteiger partial charge >= 0.3 is 0 Å². The first-order chi connectivity index (χ1) is 7.99. The van der Waals surface area contributed by atoms with Gasteiger partial charge in [-0.15, -0.1) is 11.3 Å². The van der Waals surface area contributed by atoms with Crippen LogP contribution in [-0.4, -0.2) is 5.11 Å². The molecular weight excluding hydrogens is 387 g/mol. The van der Waals surface area contributed by atoms with Crippen molar-refractivity contribution in [2.45, 2.75) is 13.0 Å². The van der Waals surface area contributed by atoms with Gasteiger partial charge in [-0.25, -0.2) is 0 Å². The number of benzene rings is 1. The largest absolute Gasteiger partial charge is 0.384 e. The SMILES string of the molecule is Cc1sc(Br)cc1C(O)c1ccc(Cl)c(Br)c1. The van der Waals surface area contributed by atoms with E-state index in [1.165, 1.54) is 0 Å². The lowest BCUT2D eigenvalue weighted by molar-refractivity contribution is 0.220. The van der Waals surface area contributed by atoms with Crippen LogP contribution < -0.4 is 0 Å². The summed E-state index contributed by atoms with van der Waals surface area (Å²) in [5.41, 5.74) is 1.76. The fourth-order valence-electron chi connectivity index (χ4n) is 1.59. The van der Waals surface area contributed by atoms with Gasteiger partial charge < -0.3 is 5.11 Å². The van der Waals surface area contributed by atoms with Crippen LogP contribution in [0.2, 0.25) is 5.02 Å². The smallest absolute Gasteiger partial charge is 0.105 e. The van der Waals surface area contributed by atoms with Crippen molar-refractivity contribution >= 4 is 54.8 Å². The standard InChI is InChI=1S/C12H9Br2ClOS/c1-6-8(5-11(14)17-6)12(16)7-2-3-10(15)9(13)4-7/h2-5,12,16H,1H3. The average Bonchev–Trinajstić information content (AvgIpc) is 2.61. The van der Waals surface area contributed by atoms with E-state index in [4.69, 9.17) is 11.6 Å². The molecule has 1 unspecified atom stereocenters. The Morgan fingerprint density at radius 2 is 2.00 bits per heavy atom. The molecule has 0 radical (unpaired) electrons. The minimum absolute atomic E-state index is 0.619. The maximum atomic E-state index is 10.3. The highest BCUT2D eigenvalue weighted by molar-refractivity contribution is 9.11. The summed E-state index contributed by atoms with van der Waals surface area (Å²) in [5.74, 6) is 0. The molecule has 1 N–H and O–H groups in total. The lowest BCUT2D eigenvalue weighted by Crippen LogP contribution is -1.99. The predicted octanol–water partition coefficient (Wildman–Crippen LogP) is 5.32. The minimum Gasteiger partial charge on any atom is -0.384 e. The van der Waals surface area contributed by atoms with Gasteiger partial charge in [-0.2, -0.15) is 0 Å². The predicted molar refractivity (Wildman–Crippen MR) is 80.0 cm³/mol. The second-order valence-corrected chi connectivity index (χ2v) is 7.54. The molecule has 0 fully saturated rings. The number of rotatable bonds is 2. The zero-order valence-corrected chi connectivity index (χ0v) is 13.6. The van der Waals surface area contributed by atoms with E-state index in [9.17, 15) is 5.11 Å². The summed E-state index contributed by atoms with van der Waals surface area (Å²) in [4.78, 5) is 1.11. The summed E-state index contributed by atoms with van der Waals surface area (Å²) in [7, 11) is 0. The molecule has 0 aliphatic rings. The molecule has 1 aromatic carbocycles. The van der Waals surface area contributed by atoms with Crippen LogP contribution in [0.5, 0.6) is 0 Å². The first-order valence-electron chi connectivity index (χ1n) is 4.88. The van der Waals surface area contributed by atoms with Crippen molar-refractivity contribution in [3.8, 4) is 0 Å². The number of aryl methyl sites for hydroxylation is 1. The molecule has 0 bridgehead atoms. The molecule has 90 valence electrons. The number of halogens is 3. The normalized spacial score (nSPS) is 12.8. The summed E-state index contributed by atoms with van der Waals surface area (Å²) in [5, 5.41) is 11.0. The molecule has 2 rings (SSSR count). The van der Waals surface area contributed by atoms with Crippen LogP contribution in [0.15, 0.2) is 32.5 Å². The van der Waals surface area contributed by atoms with Gasteiger partial charge in [0.15, 0.2) is 0 Å². The van der Waals surface area contributed by atoms with Crippen LogP contribution in [0.1, 0.15) is 22.1 Å². The maximum absolute atomic E-state index is 10.3. The van der Waals surface area contributed by atoms with Crippen LogP contribution in [0.3, 0.4) is 0 Å². The Bertz CT molecular complexity index is 553. The number of hydrogen-bond donors (Lipinski definition) is 1. The second kappa shape index (κ2) is 5.41. The van der Waals surface area contributed by atoms with Crippen LogP contribution in [-0.2, 0) is 0 Å². The van der Waals surface area contributed by atoms with Crippen molar-refractivity contribution in [1.29, 1.82) is 0 Å². The number of aliphatic hydroxyl groups is 1. The molecule has 1 aromatic heterocycles. The van der Waals surface area contributed by atoms with Gasteiger partial charge in [0, 0.05) is 9.35 Å². The summed E-state index contributed by atoms with van der Waals surface area (Å²) in [6.07, 6.45) is -0.619. The zero-order chi connectivity index (χ0) is 12.6. The Labute approximate surface area is 126 Å². The quantitative estimate of drug-likeness (QED) is 0.729. The van der Waals surface area contributed by atoms with E-state index in [2.05, 4.69) is 31.9 Å². The van der Waals surface area contributed by atoms with E-state index in [1.54, 1.807) is 17.4 Å². The van der Waals surface area contributed by atoms with Crippen molar-refractivity contribution < 1.29 is 5.11 Å². The first-order valence-corrected chi connectivity index (χ1v) is 7.66. The Morgan fingerprint density at radius 3 is 2.53 bits per heavy atom. The van der Waals surface area contributed by atoms with Gasteiger partial charge in [-0.3, -0.25) is 0 Å². The van der Waals surface area contributed by atoms with Crippen LogP contribution in [0, 0.1) is 6.92 Å². The highest BCUT2D eigenvalue weighted by atomic mass is 79.9. The van der Waals surface area contributed by atoms with Crippen LogP contribution >= 0.6 is 54.8 Å². The highest BCUT2D eigenvalue weighted by Gasteiger charge is 2.16. The third-order valence-corrected chi connectivity index (χ3v) is 5.26. The Balaban J connectivity index is 2.40. The summed E-state index contributed by atoms with van der Waals surface area (Å²) in [6.45, 7) is 2.00. The topological polar surface area (TPSA) is 20.2 Å². The van der Waals surface area contributed by atoms with E-state index in [0.717, 1.165) is 24.3 Å². The Morgan fingerprint density at radius 1 is 1.29 bits per heavy atom. The van der Waals surface area contributed by atoms with Gasteiger partial charge in [0.25, 0.3) is 0 Å². The van der Waals surface area contributed by atoms with Crippen molar-refractivity contribution in [2.75, 3.05) is 0 Å². The lowest BCUT2D eigenvalue weighted by Gasteiger charge is -2.11. The van der Waals surface area contributed by atoms with E-state index < -0.39 is 6.10 Å². The lowest BCUT2D eigenvalue weighted by atomic mass is 10.0. The highest BCUT2D eigenvalue weighted by Crippen LogP contribution is 2.35. The summed E-state index contributed by atoms with van der Waals surface area (Å²) < 4.78 is 1.82. The van der Waals surface area contributed by atoms with Crippen LogP contribution in [0.25, 0.3) is 0 Å². The fourth-order valence-corrected chi connectivity index (χ4v) is 3.85. The summed E-state index contributed by atoms with van der Waals surface area (Å²) in [6, 6.07) is 7.41. The van der Waals surface area contributed by atoms with Gasteiger partial charge in [-0.1, -0.05) is 17.7 Å². The zero-order valence-electron chi connectivity index (χ0n) is 8.88. The average molecular weight is 397 g/mol. The summed E-state index contributed by atoms with van der Waals surface area (Å²) >= 11 is 14.3. The van der Waals surface area contributed by atoms with Gasteiger partial charge in [0.1, 0.15) is 6.10 Å². The van der Waals surface area contributed by atoms with Crippen molar-refractivity contribution in [2.24, 2.45) is 0 Å². The van der Waals surface area contributed by atoms with Crippen molar-refractivity contribution in [3.05, 3.63) is 53.6 Å². The Hall–Kier alpha value is 0.130. The molecule has 0 aliphatic heterocycles. The fraction of sp³-hybridized carbons (Fsp3) is 0.167. The molecule has 17 heavy (non-hydrogen) atoms. The van der Waals surface area contributed by atoms with E-state index in [-0.39, 0.29) is 0 Å². The molecule has 5 heteroatoms. The third kappa shape index (κ3) is 2.93.